The maximum absolute atomic E-state index is 15.8. The molecule has 1 aromatic rings. The van der Waals surface area contributed by atoms with Crippen molar-refractivity contribution in [3.8, 4) is 5.75 Å². The van der Waals surface area contributed by atoms with Crippen molar-refractivity contribution >= 4 is 41.4 Å². The Morgan fingerprint density at radius 1 is 0.761 bits per heavy atom. The van der Waals surface area contributed by atoms with Gasteiger partial charge in [-0.05, 0) is 90.1 Å². The van der Waals surface area contributed by atoms with Gasteiger partial charge in [-0.3, -0.25) is 44.6 Å². The molecular weight excluding hydrogens is 1140 g/mol. The van der Waals surface area contributed by atoms with E-state index in [0.29, 0.717) is 29.6 Å². The number of amides is 7. The molecule has 8 N–H and O–H groups in total. The highest BCUT2D eigenvalue weighted by Crippen LogP contribution is 2.32. The molecule has 0 spiro atoms. The molecule has 25 nitrogen and oxygen atoms in total. The van der Waals surface area contributed by atoms with Gasteiger partial charge in [-0.2, -0.15) is 0 Å². The van der Waals surface area contributed by atoms with Crippen LogP contribution in [0.3, 0.4) is 0 Å². The van der Waals surface area contributed by atoms with Crippen LogP contribution < -0.4 is 26.4 Å². The van der Waals surface area contributed by atoms with Crippen molar-refractivity contribution in [1.82, 2.24) is 51.1 Å². The third-order valence-corrected chi connectivity index (χ3v) is 18.3. The minimum absolute atomic E-state index is 0.00864. The molecule has 0 saturated carbocycles. The smallest absolute Gasteiger partial charge is 0.249 e. The first-order chi connectivity index (χ1) is 41.6. The highest BCUT2D eigenvalue weighted by molar-refractivity contribution is 5.98. The van der Waals surface area contributed by atoms with E-state index in [0.717, 1.165) is 64.5 Å². The lowest BCUT2D eigenvalue weighted by atomic mass is 9.91. The van der Waals surface area contributed by atoms with Crippen LogP contribution in [0.15, 0.2) is 24.3 Å². The Kier molecular flexibility index (Phi) is 30.9. The van der Waals surface area contributed by atoms with Crippen LogP contribution in [-0.4, -0.2) is 266 Å². The van der Waals surface area contributed by atoms with E-state index in [1.54, 1.807) is 31.2 Å². The lowest BCUT2D eigenvalue weighted by Gasteiger charge is -2.42. The molecule has 88 heavy (non-hydrogen) atoms. The van der Waals surface area contributed by atoms with E-state index >= 15 is 28.8 Å². The topological polar surface area (TPSA) is 317 Å². The van der Waals surface area contributed by atoms with Crippen LogP contribution in [0.2, 0.25) is 0 Å². The fourth-order valence-corrected chi connectivity index (χ4v) is 12.6. The van der Waals surface area contributed by atoms with Crippen LogP contribution in [0.5, 0.6) is 5.75 Å². The molecule has 25 heteroatoms. The fraction of sp³-hybridized carbons (Fsp3) is 0.794. The fourth-order valence-electron chi connectivity index (χ4n) is 12.6. The number of nitrogens with zero attached hydrogens (tertiary/aromatic N) is 6. The van der Waals surface area contributed by atoms with Crippen molar-refractivity contribution in [3.05, 3.63) is 29.8 Å². The van der Waals surface area contributed by atoms with E-state index in [4.69, 9.17) is 24.7 Å². The Balaban J connectivity index is 1.92. The van der Waals surface area contributed by atoms with E-state index in [-0.39, 0.29) is 44.8 Å². The number of aliphatic hydroxyl groups excluding tert-OH is 4. The highest BCUT2D eigenvalue weighted by atomic mass is 16.5. The molecule has 3 aliphatic rings. The summed E-state index contributed by atoms with van der Waals surface area (Å²) in [6.45, 7) is 10.9. The van der Waals surface area contributed by atoms with Gasteiger partial charge in [-0.25, -0.2) is 0 Å². The number of hydrogen-bond donors (Lipinski definition) is 7. The SMILES string of the molecule is CCC(C)CC(C)CCCCCCCCC(=O)N[C@H]1C[C@@H](O)C(NCC(C)[NH])N(C)C(=O)[C@@H]2[C@@H](OC)CCN2C(=O)C([C@@H](CC(C)N(C)C)OC)N(C)C(=O)C([C@H](O)[C@@H](OC)c2ccc(OC)cc2)NC(=O)C2C[C@@H](O)CN2C(=O)C([C@@H](C)O)N(C)C1=O. The summed E-state index contributed by atoms with van der Waals surface area (Å²) in [5, 5.41) is 56.4. The van der Waals surface area contributed by atoms with Crippen LogP contribution >= 0.6 is 0 Å². The number of unbranched alkanes of at least 4 members (excludes halogenated alkanes) is 5. The predicted molar refractivity (Wildman–Crippen MR) is 331 cm³/mol. The largest absolute Gasteiger partial charge is 0.497 e. The Labute approximate surface area is 523 Å². The van der Waals surface area contributed by atoms with Gasteiger partial charge >= 0.3 is 0 Å². The van der Waals surface area contributed by atoms with Gasteiger partial charge in [0.1, 0.15) is 60.4 Å². The monoisotopic (exact) mass is 1250 g/mol. The summed E-state index contributed by atoms with van der Waals surface area (Å²) in [5.41, 5.74) is 8.79. The van der Waals surface area contributed by atoms with Gasteiger partial charge in [0.2, 0.25) is 41.4 Å². The molecule has 3 fully saturated rings. The van der Waals surface area contributed by atoms with Crippen LogP contribution in [0.1, 0.15) is 143 Å². The van der Waals surface area contributed by atoms with E-state index in [2.05, 4.69) is 36.7 Å². The Morgan fingerprint density at radius 2 is 1.38 bits per heavy atom. The Bertz CT molecular complexity index is 2370. The third kappa shape index (κ3) is 20.2. The van der Waals surface area contributed by atoms with E-state index in [1.165, 1.54) is 67.8 Å². The van der Waals surface area contributed by atoms with E-state index in [9.17, 15) is 25.2 Å². The van der Waals surface area contributed by atoms with Crippen molar-refractivity contribution in [2.45, 2.75) is 229 Å². The number of ether oxygens (including phenoxy) is 4. The van der Waals surface area contributed by atoms with Crippen LogP contribution in [0.4, 0.5) is 0 Å². The first-order valence-corrected chi connectivity index (χ1v) is 31.6. The molecule has 501 valence electrons. The number of carbonyl (C=O) groups is 7. The molecular formula is C63H109N10O15. The van der Waals surface area contributed by atoms with Crippen molar-refractivity contribution in [3.63, 3.8) is 0 Å². The maximum atomic E-state index is 15.8. The van der Waals surface area contributed by atoms with E-state index < -0.39 is 146 Å². The number of fused-ring (bicyclic) bond motifs is 2. The lowest BCUT2D eigenvalue weighted by Crippen LogP contribution is -2.65. The molecule has 3 saturated heterocycles. The van der Waals surface area contributed by atoms with Crippen molar-refractivity contribution in [2.75, 3.05) is 83.3 Å². The minimum Gasteiger partial charge on any atom is -0.497 e. The quantitative estimate of drug-likeness (QED) is 0.0587. The molecule has 3 heterocycles. The van der Waals surface area contributed by atoms with E-state index in [1.807, 2.05) is 25.9 Å². The Hall–Kier alpha value is -5.09. The molecule has 9 unspecified atom stereocenters. The van der Waals surface area contributed by atoms with Crippen LogP contribution in [0, 0.1) is 11.8 Å². The number of hydrogen-bond acceptors (Lipinski definition) is 17. The number of benzene rings is 1. The zero-order chi connectivity index (χ0) is 65.9. The van der Waals surface area contributed by atoms with Gasteiger partial charge in [-0.1, -0.05) is 77.8 Å². The first-order valence-electron chi connectivity index (χ1n) is 31.6. The number of likely N-dealkylation sites (N-methyl/N-ethyl adjacent to an activating group) is 3. The van der Waals surface area contributed by atoms with Gasteiger partial charge in [0.25, 0.3) is 0 Å². The van der Waals surface area contributed by atoms with Crippen molar-refractivity contribution in [1.29, 1.82) is 0 Å². The second-order valence-corrected chi connectivity index (χ2v) is 25.3. The molecule has 0 aliphatic carbocycles. The molecule has 0 aromatic heterocycles. The number of rotatable bonds is 28. The number of aliphatic hydroxyl groups is 4. The number of methoxy groups -OCH3 is 4. The second kappa shape index (κ2) is 36.1. The van der Waals surface area contributed by atoms with Gasteiger partial charge in [0.15, 0.2) is 0 Å². The van der Waals surface area contributed by atoms with Gasteiger partial charge < -0.3 is 79.4 Å². The standard InChI is InChI=1S/C63H109N10O15/c1-16-37(2)31-38(3)23-21-19-17-18-20-22-24-50(77)66-45-34-47(76)57(65-35-39(4)64)71(11)61(82)54-48(86-13)29-30-72(54)63(84)53(49(87-14)32-40(5)68(7)8)70(10)60(81)51(55(78)56(88-15)42-25-27-44(85-12)28-26-42)67-58(79)46-33-43(75)36-73(46)62(83)52(41(6)74)69(9)59(45)80/h25-28,37-41,43,45-49,51-57,64-65,74-76,78H,16-24,29-36H2,1-15H3,(H,66,77)(H,67,79)/t37?,38?,39?,40?,41-,43-,45+,46?,47-,48+,49-,51?,52?,53?,54+,55+,56+,57?/m1/s1. The zero-order valence-corrected chi connectivity index (χ0v) is 55.2. The minimum atomic E-state index is -1.98. The molecule has 3 aliphatic heterocycles. The molecule has 4 rings (SSSR count). The summed E-state index contributed by atoms with van der Waals surface area (Å²) in [5.74, 6) is -4.22. The summed E-state index contributed by atoms with van der Waals surface area (Å²) in [7, 11) is 13.1. The van der Waals surface area contributed by atoms with Gasteiger partial charge in [-0.15, -0.1) is 0 Å². The highest BCUT2D eigenvalue weighted by Gasteiger charge is 2.52. The summed E-state index contributed by atoms with van der Waals surface area (Å²) < 4.78 is 23.2. The third-order valence-electron chi connectivity index (χ3n) is 18.3. The summed E-state index contributed by atoms with van der Waals surface area (Å²) in [4.78, 5) is 114. The van der Waals surface area contributed by atoms with Crippen molar-refractivity contribution < 1.29 is 72.9 Å². The summed E-state index contributed by atoms with van der Waals surface area (Å²) >= 11 is 0. The Morgan fingerprint density at radius 3 is 1.94 bits per heavy atom. The van der Waals surface area contributed by atoms with Gasteiger partial charge in [0.05, 0.1) is 37.6 Å². The maximum Gasteiger partial charge on any atom is 0.249 e. The molecule has 18 atom stereocenters. The van der Waals surface area contributed by atoms with Gasteiger partial charge in [0, 0.05) is 93.5 Å². The van der Waals surface area contributed by atoms with Crippen LogP contribution in [-0.2, 0) is 47.8 Å². The molecule has 0 bridgehead atoms. The molecule has 1 aromatic carbocycles. The lowest BCUT2D eigenvalue weighted by molar-refractivity contribution is -0.160. The summed E-state index contributed by atoms with van der Waals surface area (Å²) in [6, 6.07) is -4.60. The molecule has 7 amide bonds. The predicted octanol–water partition coefficient (Wildman–Crippen LogP) is 1.68. The normalized spacial score (nSPS) is 27.7. The first kappa shape index (κ1) is 75.4. The number of carbonyl (C=O) groups excluding carboxylic acids is 7. The average molecular weight is 1250 g/mol. The van der Waals surface area contributed by atoms with Crippen LogP contribution in [0.25, 0.3) is 0 Å². The molecule has 1 radical (unpaired) electrons. The summed E-state index contributed by atoms with van der Waals surface area (Å²) in [6.07, 6.45) is -3.25. The second-order valence-electron chi connectivity index (χ2n) is 25.3. The zero-order valence-electron chi connectivity index (χ0n) is 55.2. The average Bonchev–Trinajstić information content (AvgIpc) is 1.97. The number of nitrogens with one attached hydrogen (secondary N) is 4. The van der Waals surface area contributed by atoms with Crippen molar-refractivity contribution in [2.24, 2.45) is 11.8 Å².